The Kier molecular flexibility index (Phi) is 7.58. The van der Waals surface area contributed by atoms with Crippen molar-refractivity contribution in [2.75, 3.05) is 0 Å². The summed E-state index contributed by atoms with van der Waals surface area (Å²) < 4.78 is 0. The molecule has 0 saturated carbocycles. The highest BCUT2D eigenvalue weighted by Gasteiger charge is 2.05. The fraction of sp³-hybridized carbons (Fsp3) is 1.00. The van der Waals surface area contributed by atoms with Crippen molar-refractivity contribution in [3.63, 3.8) is 0 Å². The molecule has 0 rings (SSSR count). The Morgan fingerprint density at radius 3 is 2.25 bits per heavy atom. The molecule has 12 heavy (non-hydrogen) atoms. The molecule has 0 aliphatic heterocycles. The highest BCUT2D eigenvalue weighted by Crippen LogP contribution is 2.11. The van der Waals surface area contributed by atoms with Crippen LogP contribution in [0.25, 0.3) is 0 Å². The Bertz CT molecular complexity index is 89.0. The second kappa shape index (κ2) is 7.60. The Morgan fingerprint density at radius 2 is 1.75 bits per heavy atom. The predicted octanol–water partition coefficient (Wildman–Crippen LogP) is 3.36. The lowest BCUT2D eigenvalue weighted by Crippen LogP contribution is -2.09. The van der Waals surface area contributed by atoms with Crippen molar-refractivity contribution in [3.05, 3.63) is 0 Å². The van der Waals surface area contributed by atoms with Crippen LogP contribution in [0.15, 0.2) is 0 Å². The van der Waals surface area contributed by atoms with Gasteiger partial charge in [-0.3, -0.25) is 0 Å². The molecule has 0 radical (unpaired) electrons. The third kappa shape index (κ3) is 8.06. The minimum absolute atomic E-state index is 0.0538. The van der Waals surface area contributed by atoms with E-state index in [1.165, 1.54) is 25.7 Å². The van der Waals surface area contributed by atoms with E-state index in [2.05, 4.69) is 20.8 Å². The Balaban J connectivity index is 3.14. The van der Waals surface area contributed by atoms with Crippen LogP contribution in [0.3, 0.4) is 0 Å². The van der Waals surface area contributed by atoms with E-state index in [0.717, 1.165) is 12.8 Å². The molecule has 1 heteroatoms. The average molecular weight is 172 g/mol. The van der Waals surface area contributed by atoms with Crippen molar-refractivity contribution < 1.29 is 5.11 Å². The first-order chi connectivity index (χ1) is 5.66. The van der Waals surface area contributed by atoms with E-state index in [1.54, 1.807) is 0 Å². The van der Waals surface area contributed by atoms with Crippen LogP contribution in [0.1, 0.15) is 59.3 Å². The second-order valence-corrected chi connectivity index (χ2v) is 4.13. The molecule has 0 heterocycles. The van der Waals surface area contributed by atoms with Crippen molar-refractivity contribution in [3.8, 4) is 0 Å². The van der Waals surface area contributed by atoms with Crippen molar-refractivity contribution in [1.29, 1.82) is 0 Å². The molecule has 0 aliphatic rings. The van der Waals surface area contributed by atoms with Gasteiger partial charge in [0.05, 0.1) is 6.10 Å². The van der Waals surface area contributed by atoms with Crippen molar-refractivity contribution in [2.45, 2.75) is 65.4 Å². The summed E-state index contributed by atoms with van der Waals surface area (Å²) in [7, 11) is 0. The zero-order valence-electron chi connectivity index (χ0n) is 8.84. The summed E-state index contributed by atoms with van der Waals surface area (Å²) in [6.45, 7) is 6.54. The third-order valence-electron chi connectivity index (χ3n) is 2.13. The number of hydrogen-bond donors (Lipinski definition) is 1. The van der Waals surface area contributed by atoms with Gasteiger partial charge in [0.2, 0.25) is 0 Å². The van der Waals surface area contributed by atoms with E-state index < -0.39 is 0 Å². The molecular formula is C11H24O. The number of rotatable bonds is 7. The van der Waals surface area contributed by atoms with E-state index in [-0.39, 0.29) is 6.10 Å². The van der Waals surface area contributed by atoms with Crippen molar-refractivity contribution >= 4 is 0 Å². The van der Waals surface area contributed by atoms with Crippen LogP contribution in [0.4, 0.5) is 0 Å². The van der Waals surface area contributed by atoms with E-state index >= 15 is 0 Å². The molecule has 1 unspecified atom stereocenters. The zero-order chi connectivity index (χ0) is 9.40. The summed E-state index contributed by atoms with van der Waals surface area (Å²) in [5.41, 5.74) is 0. The molecule has 1 N–H and O–H groups in total. The van der Waals surface area contributed by atoms with E-state index in [0.29, 0.717) is 5.92 Å². The molecule has 0 saturated heterocycles. The predicted molar refractivity (Wildman–Crippen MR) is 54.2 cm³/mol. The molecule has 1 nitrogen and oxygen atoms in total. The zero-order valence-corrected chi connectivity index (χ0v) is 8.84. The first-order valence-corrected chi connectivity index (χ1v) is 5.34. The molecule has 74 valence electrons. The molecule has 0 aliphatic carbocycles. The summed E-state index contributed by atoms with van der Waals surface area (Å²) in [5.74, 6) is 0.631. The van der Waals surface area contributed by atoms with Gasteiger partial charge in [0.1, 0.15) is 0 Å². The van der Waals surface area contributed by atoms with Crippen molar-refractivity contribution in [2.24, 2.45) is 5.92 Å². The van der Waals surface area contributed by atoms with Gasteiger partial charge in [-0.2, -0.15) is 0 Å². The Labute approximate surface area is 77.2 Å². The minimum atomic E-state index is -0.0538. The number of hydrogen-bond acceptors (Lipinski definition) is 1. The molecule has 0 fully saturated rings. The normalized spacial score (nSPS) is 13.8. The summed E-state index contributed by atoms with van der Waals surface area (Å²) in [6, 6.07) is 0. The number of aliphatic hydroxyl groups excluding tert-OH is 1. The largest absolute Gasteiger partial charge is 0.393 e. The quantitative estimate of drug-likeness (QED) is 0.584. The highest BCUT2D eigenvalue weighted by atomic mass is 16.3. The van der Waals surface area contributed by atoms with Gasteiger partial charge in [-0.1, -0.05) is 46.5 Å². The van der Waals surface area contributed by atoms with Crippen LogP contribution in [0.5, 0.6) is 0 Å². The van der Waals surface area contributed by atoms with E-state index in [9.17, 15) is 5.11 Å². The molecular weight excluding hydrogens is 148 g/mol. The topological polar surface area (TPSA) is 20.2 Å². The minimum Gasteiger partial charge on any atom is -0.393 e. The smallest absolute Gasteiger partial charge is 0.0542 e. The monoisotopic (exact) mass is 172 g/mol. The van der Waals surface area contributed by atoms with Gasteiger partial charge >= 0.3 is 0 Å². The number of aliphatic hydroxyl groups is 1. The summed E-state index contributed by atoms with van der Waals surface area (Å²) >= 11 is 0. The summed E-state index contributed by atoms with van der Waals surface area (Å²) in [6.07, 6.45) is 6.98. The summed E-state index contributed by atoms with van der Waals surface area (Å²) in [5, 5.41) is 9.52. The fourth-order valence-corrected chi connectivity index (χ4v) is 1.47. The van der Waals surface area contributed by atoms with Gasteiger partial charge in [-0.05, 0) is 18.8 Å². The molecule has 0 aromatic heterocycles. The van der Waals surface area contributed by atoms with E-state index in [4.69, 9.17) is 0 Å². The molecule has 0 aromatic carbocycles. The molecule has 0 bridgehead atoms. The van der Waals surface area contributed by atoms with Crippen LogP contribution in [-0.2, 0) is 0 Å². The van der Waals surface area contributed by atoms with Gasteiger partial charge in [-0.25, -0.2) is 0 Å². The van der Waals surface area contributed by atoms with Crippen LogP contribution in [0.2, 0.25) is 0 Å². The van der Waals surface area contributed by atoms with Gasteiger partial charge in [0, 0.05) is 0 Å². The van der Waals surface area contributed by atoms with Crippen LogP contribution in [0, 0.1) is 5.92 Å². The maximum Gasteiger partial charge on any atom is 0.0542 e. The highest BCUT2D eigenvalue weighted by molar-refractivity contribution is 4.58. The second-order valence-electron chi connectivity index (χ2n) is 4.13. The molecule has 0 spiro atoms. The van der Waals surface area contributed by atoms with Gasteiger partial charge < -0.3 is 5.11 Å². The van der Waals surface area contributed by atoms with Crippen LogP contribution < -0.4 is 0 Å². The number of unbranched alkanes of at least 4 members (excludes halogenated alkanes) is 3. The maximum atomic E-state index is 9.52. The lowest BCUT2D eigenvalue weighted by molar-refractivity contribution is 0.136. The maximum absolute atomic E-state index is 9.52. The van der Waals surface area contributed by atoms with Gasteiger partial charge in [-0.15, -0.1) is 0 Å². The third-order valence-corrected chi connectivity index (χ3v) is 2.13. The first-order valence-electron chi connectivity index (χ1n) is 5.34. The fourth-order valence-electron chi connectivity index (χ4n) is 1.47. The standard InChI is InChI=1S/C11H24O/c1-4-5-6-7-8-11(12)9-10(2)3/h10-12H,4-9H2,1-3H3. The Morgan fingerprint density at radius 1 is 1.08 bits per heavy atom. The molecule has 0 amide bonds. The van der Waals surface area contributed by atoms with Crippen LogP contribution in [-0.4, -0.2) is 11.2 Å². The van der Waals surface area contributed by atoms with Crippen molar-refractivity contribution in [1.82, 2.24) is 0 Å². The lowest BCUT2D eigenvalue weighted by Gasteiger charge is -2.12. The summed E-state index contributed by atoms with van der Waals surface area (Å²) in [4.78, 5) is 0. The average Bonchev–Trinajstić information content (AvgIpc) is 1.97. The molecule has 0 aromatic rings. The first kappa shape index (κ1) is 12.0. The SMILES string of the molecule is CCCCCCC(O)CC(C)C. The molecule has 1 atom stereocenters. The van der Waals surface area contributed by atoms with E-state index in [1.807, 2.05) is 0 Å². The van der Waals surface area contributed by atoms with Gasteiger partial charge in [0.25, 0.3) is 0 Å². The Hall–Kier alpha value is -0.0400. The van der Waals surface area contributed by atoms with Crippen LogP contribution >= 0.6 is 0 Å². The van der Waals surface area contributed by atoms with Gasteiger partial charge in [0.15, 0.2) is 0 Å². The lowest BCUT2D eigenvalue weighted by atomic mass is 10.0.